The van der Waals surface area contributed by atoms with Gasteiger partial charge in [-0.3, -0.25) is 14.7 Å². The number of aromatic amines is 1. The Balaban J connectivity index is 1.62. The van der Waals surface area contributed by atoms with Gasteiger partial charge >= 0.3 is 0 Å². The highest BCUT2D eigenvalue weighted by molar-refractivity contribution is 5.89. The number of carbonyl (C=O) groups is 2. The zero-order valence-electron chi connectivity index (χ0n) is 20.0. The molecule has 3 aromatic rings. The van der Waals surface area contributed by atoms with Crippen LogP contribution in [0.4, 0.5) is 10.2 Å². The molecule has 0 bridgehead atoms. The Hall–Kier alpha value is -3.82. The van der Waals surface area contributed by atoms with Crippen LogP contribution in [0.5, 0.6) is 0 Å². The van der Waals surface area contributed by atoms with Gasteiger partial charge in [0.2, 0.25) is 11.8 Å². The quantitative estimate of drug-likeness (QED) is 0.478. The molecule has 3 unspecified atom stereocenters. The number of hydrogen-bond donors (Lipinski definition) is 3. The fraction of sp³-hybridized carbons (Fsp3) is 0.400. The van der Waals surface area contributed by atoms with Gasteiger partial charge in [0.25, 0.3) is 0 Å². The van der Waals surface area contributed by atoms with Crippen molar-refractivity contribution in [1.29, 1.82) is 0 Å². The number of aromatic nitrogens is 4. The van der Waals surface area contributed by atoms with Crippen LogP contribution in [0, 0.1) is 6.92 Å². The molecule has 4 rings (SSSR count). The number of nitrogen functional groups attached to an aromatic ring is 1. The second-order valence-electron chi connectivity index (χ2n) is 9.24. The summed E-state index contributed by atoms with van der Waals surface area (Å²) in [5.41, 5.74) is 10.4. The number of amides is 2. The Labute approximate surface area is 203 Å². The third-order valence-electron chi connectivity index (χ3n) is 6.40. The maximum absolute atomic E-state index is 14.4. The van der Waals surface area contributed by atoms with E-state index in [1.165, 1.54) is 16.7 Å². The summed E-state index contributed by atoms with van der Waals surface area (Å²) in [4.78, 5) is 31.8. The average Bonchev–Trinajstić information content (AvgIpc) is 3.47. The minimum atomic E-state index is -1.29. The van der Waals surface area contributed by atoms with Crippen molar-refractivity contribution in [2.75, 3.05) is 12.3 Å². The molecule has 10 heteroatoms. The van der Waals surface area contributed by atoms with Crippen LogP contribution in [-0.2, 0) is 16.0 Å². The van der Waals surface area contributed by atoms with E-state index in [9.17, 15) is 14.0 Å². The molecule has 4 N–H and O–H groups in total. The standard InChI is InChI=1S/C25H30FN7O2/c1-14(2)19-7-6-16(9-15(19)3)23(20-5-4-8-28-24(20)27)30-25(35)21-10-17(26)13-33(21)22(34)11-18-12-29-32-31-18/h4-9,12,14,17,21,23H,10-11,13H2,1-3H3,(H2,27,28)(H,30,35)(H,29,31,32). The summed E-state index contributed by atoms with van der Waals surface area (Å²) in [6.45, 7) is 6.14. The summed E-state index contributed by atoms with van der Waals surface area (Å²) in [5.74, 6) is -0.172. The van der Waals surface area contributed by atoms with Crippen molar-refractivity contribution in [3.63, 3.8) is 0 Å². The number of H-pyrrole nitrogens is 1. The lowest BCUT2D eigenvalue weighted by atomic mass is 9.91. The molecule has 9 nitrogen and oxygen atoms in total. The molecule has 0 spiro atoms. The van der Waals surface area contributed by atoms with Crippen molar-refractivity contribution in [2.24, 2.45) is 0 Å². The average molecular weight is 480 g/mol. The van der Waals surface area contributed by atoms with Crippen LogP contribution in [0.15, 0.2) is 42.7 Å². The highest BCUT2D eigenvalue weighted by Gasteiger charge is 2.40. The van der Waals surface area contributed by atoms with Gasteiger partial charge < -0.3 is 16.0 Å². The Kier molecular flexibility index (Phi) is 7.09. The summed E-state index contributed by atoms with van der Waals surface area (Å²) in [6, 6.07) is 8.03. The van der Waals surface area contributed by atoms with E-state index in [0.29, 0.717) is 17.2 Å². The van der Waals surface area contributed by atoms with Crippen LogP contribution in [0.3, 0.4) is 0 Å². The summed E-state index contributed by atoms with van der Waals surface area (Å²) >= 11 is 0. The molecule has 3 heterocycles. The molecule has 2 amide bonds. The van der Waals surface area contributed by atoms with Gasteiger partial charge in [-0.1, -0.05) is 43.3 Å². The smallest absolute Gasteiger partial charge is 0.243 e. The molecule has 35 heavy (non-hydrogen) atoms. The number of likely N-dealkylation sites (tertiary alicyclic amines) is 1. The van der Waals surface area contributed by atoms with Gasteiger partial charge in [-0.15, -0.1) is 5.10 Å². The van der Waals surface area contributed by atoms with Crippen molar-refractivity contribution < 1.29 is 14.0 Å². The Morgan fingerprint density at radius 3 is 2.74 bits per heavy atom. The van der Waals surface area contributed by atoms with E-state index in [1.807, 2.05) is 25.1 Å². The van der Waals surface area contributed by atoms with E-state index in [-0.39, 0.29) is 31.1 Å². The number of nitrogens with one attached hydrogen (secondary N) is 2. The number of aryl methyl sites for hydroxylation is 1. The first-order valence-corrected chi connectivity index (χ1v) is 11.6. The molecule has 1 aliphatic heterocycles. The number of nitrogens with zero attached hydrogens (tertiary/aromatic N) is 4. The van der Waals surface area contributed by atoms with Crippen LogP contribution < -0.4 is 11.1 Å². The summed E-state index contributed by atoms with van der Waals surface area (Å²) in [7, 11) is 0. The normalized spacial score (nSPS) is 18.6. The number of carbonyl (C=O) groups excluding carboxylic acids is 2. The van der Waals surface area contributed by atoms with Crippen LogP contribution >= 0.6 is 0 Å². The maximum atomic E-state index is 14.4. The Morgan fingerprint density at radius 2 is 2.09 bits per heavy atom. The van der Waals surface area contributed by atoms with Gasteiger partial charge in [0.15, 0.2) is 0 Å². The molecule has 2 aromatic heterocycles. The second-order valence-corrected chi connectivity index (χ2v) is 9.24. The highest BCUT2D eigenvalue weighted by atomic mass is 19.1. The fourth-order valence-corrected chi connectivity index (χ4v) is 4.66. The highest BCUT2D eigenvalue weighted by Crippen LogP contribution is 2.30. The topological polar surface area (TPSA) is 130 Å². The predicted octanol–water partition coefficient (Wildman–Crippen LogP) is 2.60. The van der Waals surface area contributed by atoms with Gasteiger partial charge in [0.1, 0.15) is 18.0 Å². The molecule has 0 aliphatic carbocycles. The zero-order chi connectivity index (χ0) is 25.1. The summed E-state index contributed by atoms with van der Waals surface area (Å²) in [6.07, 6.45) is 1.61. The Bertz CT molecular complexity index is 1200. The minimum Gasteiger partial charge on any atom is -0.383 e. The van der Waals surface area contributed by atoms with Gasteiger partial charge in [0, 0.05) is 18.2 Å². The van der Waals surface area contributed by atoms with Crippen LogP contribution in [0.1, 0.15) is 60.2 Å². The van der Waals surface area contributed by atoms with Crippen molar-refractivity contribution in [1.82, 2.24) is 30.6 Å². The van der Waals surface area contributed by atoms with Crippen molar-refractivity contribution in [3.05, 3.63) is 70.7 Å². The minimum absolute atomic E-state index is 0.0433. The van der Waals surface area contributed by atoms with Crippen molar-refractivity contribution in [3.8, 4) is 0 Å². The number of hydrogen-bond acceptors (Lipinski definition) is 6. The molecular weight excluding hydrogens is 449 g/mol. The first-order valence-electron chi connectivity index (χ1n) is 11.6. The van der Waals surface area contributed by atoms with Crippen LogP contribution in [-0.4, -0.2) is 55.9 Å². The van der Waals surface area contributed by atoms with E-state index < -0.39 is 24.2 Å². The number of pyridine rings is 1. The molecule has 1 aromatic carbocycles. The Morgan fingerprint density at radius 1 is 1.29 bits per heavy atom. The van der Waals surface area contributed by atoms with Crippen LogP contribution in [0.25, 0.3) is 0 Å². The van der Waals surface area contributed by atoms with E-state index in [4.69, 9.17) is 5.73 Å². The second kappa shape index (κ2) is 10.2. The van der Waals surface area contributed by atoms with E-state index in [1.54, 1.807) is 18.3 Å². The number of alkyl halides is 1. The molecule has 184 valence electrons. The number of anilines is 1. The number of nitrogens with two attached hydrogens (primary N) is 1. The SMILES string of the molecule is Cc1cc(C(NC(=O)C2CC(F)CN2C(=O)Cc2cnn[nH]2)c2cccnc2N)ccc1C(C)C. The van der Waals surface area contributed by atoms with E-state index in [2.05, 4.69) is 39.6 Å². The fourth-order valence-electron chi connectivity index (χ4n) is 4.66. The van der Waals surface area contributed by atoms with Gasteiger partial charge in [-0.25, -0.2) is 9.37 Å². The molecule has 1 aliphatic rings. The first kappa shape index (κ1) is 24.3. The monoisotopic (exact) mass is 479 g/mol. The largest absolute Gasteiger partial charge is 0.383 e. The van der Waals surface area contributed by atoms with E-state index in [0.717, 1.165) is 11.1 Å². The molecule has 1 fully saturated rings. The zero-order valence-corrected chi connectivity index (χ0v) is 20.0. The summed E-state index contributed by atoms with van der Waals surface area (Å²) in [5, 5.41) is 12.9. The number of rotatable bonds is 7. The third kappa shape index (κ3) is 5.31. The summed E-state index contributed by atoms with van der Waals surface area (Å²) < 4.78 is 14.4. The van der Waals surface area contributed by atoms with E-state index >= 15 is 0 Å². The van der Waals surface area contributed by atoms with Crippen molar-refractivity contribution >= 4 is 17.6 Å². The van der Waals surface area contributed by atoms with Crippen molar-refractivity contribution in [2.45, 2.75) is 57.8 Å². The van der Waals surface area contributed by atoms with Gasteiger partial charge in [-0.05, 0) is 35.6 Å². The molecule has 0 radical (unpaired) electrons. The molecule has 3 atom stereocenters. The molecule has 1 saturated heterocycles. The maximum Gasteiger partial charge on any atom is 0.243 e. The lowest BCUT2D eigenvalue weighted by Gasteiger charge is -2.27. The first-order chi connectivity index (χ1) is 16.7. The van der Waals surface area contributed by atoms with Gasteiger partial charge in [-0.2, -0.15) is 0 Å². The molecule has 0 saturated carbocycles. The van der Waals surface area contributed by atoms with Crippen LogP contribution in [0.2, 0.25) is 0 Å². The molecular formula is C25H30FN7O2. The lowest BCUT2D eigenvalue weighted by Crippen LogP contribution is -2.47. The number of benzene rings is 1. The van der Waals surface area contributed by atoms with Gasteiger partial charge in [0.05, 0.1) is 30.9 Å². The third-order valence-corrected chi connectivity index (χ3v) is 6.40. The number of halogens is 1. The predicted molar refractivity (Wildman–Crippen MR) is 129 cm³/mol. The lowest BCUT2D eigenvalue weighted by molar-refractivity contribution is -0.138.